The molecular weight excluding hydrogens is 961 g/mol. The van der Waals surface area contributed by atoms with Crippen molar-refractivity contribution in [3.63, 3.8) is 0 Å². The molecule has 1 atom stereocenters. The minimum atomic E-state index is -0.799. The summed E-state index contributed by atoms with van der Waals surface area (Å²) in [6.07, 6.45) is 94.2. The predicted molar refractivity (Wildman–Crippen MR) is 338 cm³/mol. The number of carbonyl (C=O) groups excluding carboxylic acids is 3. The van der Waals surface area contributed by atoms with E-state index >= 15 is 0 Å². The molecule has 0 fully saturated rings. The molecule has 0 aliphatic rings. The van der Waals surface area contributed by atoms with Crippen LogP contribution in [0.25, 0.3) is 0 Å². The highest BCUT2D eigenvalue weighted by atomic mass is 16.6. The topological polar surface area (TPSA) is 78.9 Å². The number of allylic oxidation sites excluding steroid dienone is 26. The number of rotatable bonds is 55. The van der Waals surface area contributed by atoms with Crippen molar-refractivity contribution < 1.29 is 28.6 Å². The lowest BCUT2D eigenvalue weighted by Gasteiger charge is -2.18. The van der Waals surface area contributed by atoms with Crippen LogP contribution in [0.4, 0.5) is 0 Å². The van der Waals surface area contributed by atoms with Gasteiger partial charge in [0.25, 0.3) is 0 Å². The highest BCUT2D eigenvalue weighted by molar-refractivity contribution is 5.71. The van der Waals surface area contributed by atoms with E-state index in [1.165, 1.54) is 57.8 Å². The second kappa shape index (κ2) is 64.6. The molecule has 0 saturated heterocycles. The number of hydrogen-bond donors (Lipinski definition) is 0. The molecule has 0 heterocycles. The van der Waals surface area contributed by atoms with E-state index in [0.717, 1.165) is 161 Å². The van der Waals surface area contributed by atoms with Gasteiger partial charge in [-0.3, -0.25) is 14.4 Å². The van der Waals surface area contributed by atoms with Crippen LogP contribution in [-0.2, 0) is 28.6 Å². The number of esters is 3. The Labute approximate surface area is 480 Å². The number of unbranched alkanes of at least 4 members (excludes halogenated alkanes) is 18. The fraction of sp³-hybridized carbons (Fsp3) is 0.597. The largest absolute Gasteiger partial charge is 0.462 e. The minimum absolute atomic E-state index is 0.0968. The van der Waals surface area contributed by atoms with Crippen molar-refractivity contribution in [2.24, 2.45) is 0 Å². The lowest BCUT2D eigenvalue weighted by Crippen LogP contribution is -2.30. The molecule has 0 bridgehead atoms. The Morgan fingerprint density at radius 1 is 0.269 bits per heavy atom. The summed E-state index contributed by atoms with van der Waals surface area (Å²) in [5.41, 5.74) is 0. The summed E-state index contributed by atoms with van der Waals surface area (Å²) in [4.78, 5) is 38.0. The van der Waals surface area contributed by atoms with Crippen LogP contribution in [-0.4, -0.2) is 37.2 Å². The smallest absolute Gasteiger partial charge is 0.306 e. The molecule has 0 aromatic carbocycles. The zero-order chi connectivity index (χ0) is 56.4. The summed E-state index contributed by atoms with van der Waals surface area (Å²) in [6.45, 7) is 6.39. The molecule has 0 radical (unpaired) electrons. The maximum absolute atomic E-state index is 12.8. The average molecular weight is 1080 g/mol. The van der Waals surface area contributed by atoms with Gasteiger partial charge in [0.15, 0.2) is 6.10 Å². The first-order valence-electron chi connectivity index (χ1n) is 31.5. The summed E-state index contributed by atoms with van der Waals surface area (Å²) in [5, 5.41) is 0. The van der Waals surface area contributed by atoms with Crippen molar-refractivity contribution in [2.75, 3.05) is 13.2 Å². The lowest BCUT2D eigenvalue weighted by atomic mass is 10.1. The summed E-state index contributed by atoms with van der Waals surface area (Å²) < 4.78 is 16.7. The molecule has 0 aromatic heterocycles. The Bertz CT molecular complexity index is 1760. The normalized spacial score (nSPS) is 13.2. The minimum Gasteiger partial charge on any atom is -0.462 e. The van der Waals surface area contributed by atoms with Crippen molar-refractivity contribution in [1.82, 2.24) is 0 Å². The molecule has 0 amide bonds. The molecule has 0 aliphatic heterocycles. The van der Waals surface area contributed by atoms with Gasteiger partial charge in [-0.15, -0.1) is 0 Å². The van der Waals surface area contributed by atoms with Gasteiger partial charge in [-0.05, 0) is 135 Å². The zero-order valence-electron chi connectivity index (χ0n) is 50.1. The van der Waals surface area contributed by atoms with Crippen LogP contribution < -0.4 is 0 Å². The predicted octanol–water partition coefficient (Wildman–Crippen LogP) is 21.7. The lowest BCUT2D eigenvalue weighted by molar-refractivity contribution is -0.167. The first kappa shape index (κ1) is 73.0. The highest BCUT2D eigenvalue weighted by Crippen LogP contribution is 2.13. The third-order valence-electron chi connectivity index (χ3n) is 12.8. The molecule has 78 heavy (non-hydrogen) atoms. The third kappa shape index (κ3) is 61.9. The van der Waals surface area contributed by atoms with Crippen LogP contribution in [0.2, 0.25) is 0 Å². The molecule has 6 nitrogen and oxygen atoms in total. The van der Waals surface area contributed by atoms with E-state index in [1.807, 2.05) is 0 Å². The van der Waals surface area contributed by atoms with Gasteiger partial charge >= 0.3 is 17.9 Å². The number of ether oxygens (including phenoxy) is 3. The summed E-state index contributed by atoms with van der Waals surface area (Å²) in [6, 6.07) is 0. The van der Waals surface area contributed by atoms with E-state index in [4.69, 9.17) is 14.2 Å². The summed E-state index contributed by atoms with van der Waals surface area (Å²) in [7, 11) is 0. The van der Waals surface area contributed by atoms with Crippen LogP contribution in [0.1, 0.15) is 258 Å². The van der Waals surface area contributed by atoms with Crippen molar-refractivity contribution in [1.29, 1.82) is 0 Å². The Morgan fingerprint density at radius 3 is 0.808 bits per heavy atom. The second-order valence-corrected chi connectivity index (χ2v) is 20.2. The van der Waals surface area contributed by atoms with E-state index in [9.17, 15) is 14.4 Å². The maximum atomic E-state index is 12.8. The fourth-order valence-corrected chi connectivity index (χ4v) is 8.06. The van der Waals surface area contributed by atoms with Gasteiger partial charge in [0.2, 0.25) is 0 Å². The Morgan fingerprint density at radius 2 is 0.500 bits per heavy atom. The van der Waals surface area contributed by atoms with Crippen LogP contribution in [0.3, 0.4) is 0 Å². The molecule has 1 unspecified atom stereocenters. The van der Waals surface area contributed by atoms with E-state index in [1.54, 1.807) is 0 Å². The van der Waals surface area contributed by atoms with E-state index in [2.05, 4.69) is 179 Å². The molecule has 0 rings (SSSR count). The molecule has 0 aromatic rings. The molecule has 0 N–H and O–H groups in total. The van der Waals surface area contributed by atoms with Gasteiger partial charge in [0.1, 0.15) is 13.2 Å². The second-order valence-electron chi connectivity index (χ2n) is 20.2. The molecular formula is C72H114O6. The van der Waals surface area contributed by atoms with Gasteiger partial charge in [-0.25, -0.2) is 0 Å². The quantitative estimate of drug-likeness (QED) is 0.0261. The van der Waals surface area contributed by atoms with Gasteiger partial charge in [0.05, 0.1) is 0 Å². The van der Waals surface area contributed by atoms with Crippen molar-refractivity contribution in [3.8, 4) is 0 Å². The third-order valence-corrected chi connectivity index (χ3v) is 12.8. The van der Waals surface area contributed by atoms with Crippen molar-refractivity contribution in [2.45, 2.75) is 264 Å². The summed E-state index contributed by atoms with van der Waals surface area (Å²) >= 11 is 0. The molecule has 0 spiro atoms. The van der Waals surface area contributed by atoms with E-state index < -0.39 is 6.10 Å². The standard InChI is InChI=1S/C72H114O6/c1-4-7-10-13-16-18-20-22-24-26-28-29-30-31-32-33-34-35-36-37-38-39-40-41-42-43-45-46-48-50-52-54-56-59-62-65-71(74)77-68-69(67-76-70(73)64-61-58-15-12-9-6-3)78-72(75)66-63-60-57-55-53-51-49-47-44-27-25-23-21-19-17-14-11-8-5-2/h7,10,16-19,22-25,28-29,31-32,34-35,37-38,40-41,43-45,47-48,50,69H,4-6,8-9,11-15,20-21,26-27,30,33,36,39,42,46,49,51-68H2,1-3H3/b10-7-,18-16-,19-17-,24-22-,25-23-,29-28-,32-31-,35-34-,38-37-,41-40-,45-43-,47-44-,50-48-. The fourth-order valence-electron chi connectivity index (χ4n) is 8.06. The number of carbonyl (C=O) groups is 3. The molecule has 6 heteroatoms. The molecule has 0 aliphatic carbocycles. The van der Waals surface area contributed by atoms with Crippen molar-refractivity contribution >= 4 is 17.9 Å². The monoisotopic (exact) mass is 1070 g/mol. The van der Waals surface area contributed by atoms with Gasteiger partial charge in [-0.1, -0.05) is 262 Å². The Kier molecular flexibility index (Phi) is 60.4. The van der Waals surface area contributed by atoms with Gasteiger partial charge < -0.3 is 14.2 Å². The van der Waals surface area contributed by atoms with Gasteiger partial charge in [-0.2, -0.15) is 0 Å². The van der Waals surface area contributed by atoms with Crippen LogP contribution in [0.5, 0.6) is 0 Å². The van der Waals surface area contributed by atoms with Crippen molar-refractivity contribution in [3.05, 3.63) is 158 Å². The van der Waals surface area contributed by atoms with Crippen LogP contribution in [0.15, 0.2) is 158 Å². The van der Waals surface area contributed by atoms with Gasteiger partial charge in [0, 0.05) is 19.3 Å². The van der Waals surface area contributed by atoms with Crippen LogP contribution in [0, 0.1) is 0 Å². The van der Waals surface area contributed by atoms with E-state index in [-0.39, 0.29) is 31.1 Å². The number of hydrogen-bond acceptors (Lipinski definition) is 6. The average Bonchev–Trinajstić information content (AvgIpc) is 3.44. The highest BCUT2D eigenvalue weighted by Gasteiger charge is 2.19. The molecule has 0 saturated carbocycles. The SMILES string of the molecule is CC/C=C\C/C=C\C/C=C\C/C=C\C/C=C\C/C=C\C/C=C\C/C=C\C/C=C\C/C=C\CCCCCCC(=O)OCC(COC(=O)CCCCCCCC)OC(=O)CCCCCCCC/C=C\C/C=C\C/C=C\CCCCC. The first-order valence-corrected chi connectivity index (χ1v) is 31.5. The van der Waals surface area contributed by atoms with Crippen LogP contribution >= 0.6 is 0 Å². The zero-order valence-corrected chi connectivity index (χ0v) is 50.1. The Balaban J connectivity index is 4.20. The maximum Gasteiger partial charge on any atom is 0.306 e. The molecule has 438 valence electrons. The summed E-state index contributed by atoms with van der Waals surface area (Å²) in [5.74, 6) is -0.951. The van der Waals surface area contributed by atoms with E-state index in [0.29, 0.717) is 19.3 Å². The first-order chi connectivity index (χ1) is 38.5. The Hall–Kier alpha value is -4.97.